The quantitative estimate of drug-likeness (QED) is 0.685. The summed E-state index contributed by atoms with van der Waals surface area (Å²) in [5.74, 6) is 1.98. The fraction of sp³-hybridized carbons (Fsp3) is 0.650. The topological polar surface area (TPSA) is 81.8 Å². The van der Waals surface area contributed by atoms with Crippen LogP contribution in [0.25, 0.3) is 11.5 Å². The molecule has 2 aromatic heterocycles. The first-order valence-corrected chi connectivity index (χ1v) is 9.75. The predicted molar refractivity (Wildman–Crippen MR) is 98.5 cm³/mol. The number of nitrogens with zero attached hydrogens (tertiary/aromatic N) is 4. The van der Waals surface area contributed by atoms with E-state index in [0.717, 1.165) is 24.5 Å². The van der Waals surface area contributed by atoms with Crippen molar-refractivity contribution in [1.82, 2.24) is 20.3 Å². The molecule has 1 aliphatic carbocycles. The van der Waals surface area contributed by atoms with Crippen LogP contribution in [0.4, 0.5) is 0 Å². The summed E-state index contributed by atoms with van der Waals surface area (Å²) < 4.78 is 5.47. The maximum absolute atomic E-state index is 11.7. The molecule has 1 saturated carbocycles. The number of hydrogen-bond acceptors (Lipinski definition) is 6. The van der Waals surface area contributed by atoms with Gasteiger partial charge in [-0.25, -0.2) is 0 Å². The molecule has 0 amide bonds. The number of carbonyl (C=O) groups excluding carboxylic acids is 1. The Morgan fingerprint density at radius 3 is 2.73 bits per heavy atom. The smallest absolute Gasteiger partial charge is 0.230 e. The minimum Gasteiger partial charge on any atom is -0.339 e. The Balaban J connectivity index is 1.63. The lowest BCUT2D eigenvalue weighted by atomic mass is 9.84. The van der Waals surface area contributed by atoms with Gasteiger partial charge in [0.25, 0.3) is 0 Å². The van der Waals surface area contributed by atoms with E-state index in [-0.39, 0.29) is 11.7 Å². The Hall–Kier alpha value is -2.11. The summed E-state index contributed by atoms with van der Waals surface area (Å²) in [6.45, 7) is 3.50. The highest BCUT2D eigenvalue weighted by molar-refractivity contribution is 5.76. The Bertz CT molecular complexity index is 705. The second kappa shape index (κ2) is 9.01. The van der Waals surface area contributed by atoms with Crippen LogP contribution in [0.3, 0.4) is 0 Å². The van der Waals surface area contributed by atoms with Crippen molar-refractivity contribution in [2.24, 2.45) is 5.92 Å². The van der Waals surface area contributed by atoms with Gasteiger partial charge in [0.1, 0.15) is 11.5 Å². The van der Waals surface area contributed by atoms with E-state index in [9.17, 15) is 4.79 Å². The average molecular weight is 356 g/mol. The van der Waals surface area contributed by atoms with Gasteiger partial charge in [-0.15, -0.1) is 5.10 Å². The molecule has 6 nitrogen and oxygen atoms in total. The van der Waals surface area contributed by atoms with Crippen molar-refractivity contribution in [3.8, 4) is 11.5 Å². The molecule has 0 aromatic carbocycles. The largest absolute Gasteiger partial charge is 0.339 e. The summed E-state index contributed by atoms with van der Waals surface area (Å²) in [6.07, 6.45) is 10.5. The van der Waals surface area contributed by atoms with Gasteiger partial charge in [-0.1, -0.05) is 50.1 Å². The Kier molecular flexibility index (Phi) is 6.47. The van der Waals surface area contributed by atoms with Crippen LogP contribution in [0.1, 0.15) is 82.2 Å². The number of hydrogen-bond donors (Lipinski definition) is 0. The normalized spacial score (nSPS) is 16.5. The molecule has 0 spiro atoms. The first-order valence-electron chi connectivity index (χ1n) is 9.75. The molecule has 1 unspecified atom stereocenters. The van der Waals surface area contributed by atoms with E-state index >= 15 is 0 Å². The summed E-state index contributed by atoms with van der Waals surface area (Å²) >= 11 is 0. The monoisotopic (exact) mass is 356 g/mol. The van der Waals surface area contributed by atoms with Gasteiger partial charge in [0.05, 0.1) is 5.69 Å². The standard InChI is InChI=1S/C20H28N4O2/c1-14-11-12-18(23-22-14)19-21-20(26-24-19)17(13-15(2)25)10-6-9-16-7-4-3-5-8-16/h11-12,16-17H,3-10,13H2,1-2H3. The molecule has 0 aliphatic heterocycles. The minimum atomic E-state index is -0.00394. The van der Waals surface area contributed by atoms with E-state index in [4.69, 9.17) is 4.52 Å². The lowest BCUT2D eigenvalue weighted by Gasteiger charge is -2.22. The number of aryl methyl sites for hydroxylation is 1. The summed E-state index contributed by atoms with van der Waals surface area (Å²) in [5, 5.41) is 12.2. The van der Waals surface area contributed by atoms with Gasteiger partial charge in [-0.05, 0) is 38.3 Å². The molecule has 6 heteroatoms. The predicted octanol–water partition coefficient (Wildman–Crippen LogP) is 4.65. The molecular formula is C20H28N4O2. The number of carbonyl (C=O) groups is 1. The Labute approximate surface area is 154 Å². The van der Waals surface area contributed by atoms with Gasteiger partial charge >= 0.3 is 0 Å². The highest BCUT2D eigenvalue weighted by atomic mass is 16.5. The first kappa shape index (κ1) is 18.7. The van der Waals surface area contributed by atoms with Crippen molar-refractivity contribution in [2.75, 3.05) is 0 Å². The zero-order chi connectivity index (χ0) is 18.4. The fourth-order valence-electron chi connectivity index (χ4n) is 3.81. The number of Topliss-reactive ketones (excluding diaryl/α,β-unsaturated/α-hetero) is 1. The van der Waals surface area contributed by atoms with Crippen molar-refractivity contribution >= 4 is 5.78 Å². The lowest BCUT2D eigenvalue weighted by Crippen LogP contribution is -2.09. The summed E-state index contributed by atoms with van der Waals surface area (Å²) in [6, 6.07) is 3.70. The molecule has 0 radical (unpaired) electrons. The van der Waals surface area contributed by atoms with Crippen LogP contribution in [-0.4, -0.2) is 26.1 Å². The first-order chi connectivity index (χ1) is 12.6. The van der Waals surface area contributed by atoms with Crippen LogP contribution in [0, 0.1) is 12.8 Å². The van der Waals surface area contributed by atoms with Crippen LogP contribution in [-0.2, 0) is 4.79 Å². The van der Waals surface area contributed by atoms with E-state index < -0.39 is 0 Å². The highest BCUT2D eigenvalue weighted by Crippen LogP contribution is 2.31. The van der Waals surface area contributed by atoms with Crippen LogP contribution in [0.2, 0.25) is 0 Å². The van der Waals surface area contributed by atoms with Gasteiger partial charge in [0.2, 0.25) is 11.7 Å². The zero-order valence-corrected chi connectivity index (χ0v) is 15.8. The molecule has 26 heavy (non-hydrogen) atoms. The van der Waals surface area contributed by atoms with Gasteiger partial charge in [-0.2, -0.15) is 10.1 Å². The van der Waals surface area contributed by atoms with Crippen molar-refractivity contribution in [3.63, 3.8) is 0 Å². The SMILES string of the molecule is CC(=O)CC(CCCC1CCCCC1)c1nc(-c2ccc(C)nn2)no1. The van der Waals surface area contributed by atoms with Gasteiger partial charge in [0.15, 0.2) is 0 Å². The van der Waals surface area contributed by atoms with Crippen molar-refractivity contribution in [1.29, 1.82) is 0 Å². The number of ketones is 1. The molecule has 140 valence electrons. The third-order valence-corrected chi connectivity index (χ3v) is 5.24. The highest BCUT2D eigenvalue weighted by Gasteiger charge is 2.22. The molecule has 2 aromatic rings. The summed E-state index contributed by atoms with van der Waals surface area (Å²) in [5.41, 5.74) is 1.43. The second-order valence-electron chi connectivity index (χ2n) is 7.55. The zero-order valence-electron chi connectivity index (χ0n) is 15.8. The van der Waals surface area contributed by atoms with Crippen molar-refractivity contribution < 1.29 is 9.32 Å². The van der Waals surface area contributed by atoms with E-state index in [1.807, 2.05) is 19.1 Å². The van der Waals surface area contributed by atoms with E-state index in [2.05, 4.69) is 20.3 Å². The summed E-state index contributed by atoms with van der Waals surface area (Å²) in [7, 11) is 0. The maximum atomic E-state index is 11.7. The van der Waals surface area contributed by atoms with Crippen LogP contribution >= 0.6 is 0 Å². The molecule has 1 aliphatic rings. The number of aromatic nitrogens is 4. The van der Waals surface area contributed by atoms with E-state index in [1.165, 1.54) is 38.5 Å². The second-order valence-corrected chi connectivity index (χ2v) is 7.55. The molecule has 0 N–H and O–H groups in total. The van der Waals surface area contributed by atoms with Crippen molar-refractivity contribution in [3.05, 3.63) is 23.7 Å². The molecule has 1 fully saturated rings. The molecule has 3 rings (SSSR count). The third kappa shape index (κ3) is 5.19. The summed E-state index contributed by atoms with van der Waals surface area (Å²) in [4.78, 5) is 16.2. The molecular weight excluding hydrogens is 328 g/mol. The van der Waals surface area contributed by atoms with Gasteiger partial charge < -0.3 is 9.32 Å². The molecule has 2 heterocycles. The Morgan fingerprint density at radius 2 is 2.04 bits per heavy atom. The van der Waals surface area contributed by atoms with Crippen LogP contribution < -0.4 is 0 Å². The van der Waals surface area contributed by atoms with E-state index in [0.29, 0.717) is 23.8 Å². The van der Waals surface area contributed by atoms with E-state index in [1.54, 1.807) is 6.92 Å². The minimum absolute atomic E-state index is 0.00394. The molecule has 0 bridgehead atoms. The molecule has 0 saturated heterocycles. The maximum Gasteiger partial charge on any atom is 0.230 e. The van der Waals surface area contributed by atoms with Crippen LogP contribution in [0.5, 0.6) is 0 Å². The number of rotatable bonds is 8. The van der Waals surface area contributed by atoms with Crippen molar-refractivity contribution in [2.45, 2.75) is 77.6 Å². The van der Waals surface area contributed by atoms with Gasteiger partial charge in [-0.3, -0.25) is 0 Å². The van der Waals surface area contributed by atoms with Gasteiger partial charge in [0, 0.05) is 12.3 Å². The average Bonchev–Trinajstić information content (AvgIpc) is 3.12. The Morgan fingerprint density at radius 1 is 1.23 bits per heavy atom. The third-order valence-electron chi connectivity index (χ3n) is 5.24. The van der Waals surface area contributed by atoms with Crippen LogP contribution in [0.15, 0.2) is 16.7 Å². The lowest BCUT2D eigenvalue weighted by molar-refractivity contribution is -0.117. The fourth-order valence-corrected chi connectivity index (χ4v) is 3.81. The molecule has 1 atom stereocenters.